The third-order valence-electron chi connectivity index (χ3n) is 6.39. The third kappa shape index (κ3) is 8.62. The number of carbonyl (C=O) groups is 2. The van der Waals surface area contributed by atoms with Gasteiger partial charge < -0.3 is 14.2 Å². The molecule has 0 aliphatic heterocycles. The fourth-order valence-corrected chi connectivity index (χ4v) is 5.82. The lowest BCUT2D eigenvalue weighted by atomic mass is 9.71. The summed E-state index contributed by atoms with van der Waals surface area (Å²) in [6.07, 6.45) is 2.18. The standard InChI is InChI=1S/C29H38Br2O5/c1-8-23(29(5,6)18-26(32)35-9-2)22-13-12-21(15-25(22)31)36-27(33)17-28(3,4)16-19-10-11-20(34-7)14-24(19)30/h10-15,23H,8-9,16-18H2,1-7H3. The first kappa shape index (κ1) is 30.4. The van der Waals surface area contributed by atoms with Gasteiger partial charge in [0.25, 0.3) is 0 Å². The number of esters is 2. The van der Waals surface area contributed by atoms with Crippen LogP contribution in [0.3, 0.4) is 0 Å². The van der Waals surface area contributed by atoms with Crippen LogP contribution in [0.15, 0.2) is 45.3 Å². The highest BCUT2D eigenvalue weighted by Gasteiger charge is 2.34. The van der Waals surface area contributed by atoms with E-state index in [1.54, 1.807) is 7.11 Å². The van der Waals surface area contributed by atoms with Crippen molar-refractivity contribution in [1.29, 1.82) is 0 Å². The molecule has 0 saturated carbocycles. The minimum atomic E-state index is -0.296. The first-order valence-electron chi connectivity index (χ1n) is 12.3. The zero-order chi connectivity index (χ0) is 27.1. The van der Waals surface area contributed by atoms with E-state index in [2.05, 4.69) is 66.5 Å². The molecule has 0 fully saturated rings. The maximum absolute atomic E-state index is 12.8. The largest absolute Gasteiger partial charge is 0.497 e. The zero-order valence-corrected chi connectivity index (χ0v) is 25.5. The Hall–Kier alpha value is -1.86. The van der Waals surface area contributed by atoms with Crippen LogP contribution in [0, 0.1) is 10.8 Å². The van der Waals surface area contributed by atoms with Crippen LogP contribution < -0.4 is 9.47 Å². The fourth-order valence-electron chi connectivity index (χ4n) is 4.69. The first-order valence-corrected chi connectivity index (χ1v) is 13.9. The molecule has 0 saturated heterocycles. The third-order valence-corrected chi connectivity index (χ3v) is 7.81. The van der Waals surface area contributed by atoms with Crippen LogP contribution in [0.5, 0.6) is 11.5 Å². The van der Waals surface area contributed by atoms with Gasteiger partial charge in [0.1, 0.15) is 11.5 Å². The SMILES string of the molecule is CCOC(=O)CC(C)(C)C(CC)c1ccc(OC(=O)CC(C)(C)Cc2ccc(OC)cc2Br)cc1Br. The molecule has 0 amide bonds. The molecule has 0 radical (unpaired) electrons. The van der Waals surface area contributed by atoms with Crippen molar-refractivity contribution >= 4 is 43.8 Å². The Morgan fingerprint density at radius 2 is 1.53 bits per heavy atom. The Morgan fingerprint density at radius 3 is 2.08 bits per heavy atom. The molecule has 2 aromatic rings. The van der Waals surface area contributed by atoms with Gasteiger partial charge >= 0.3 is 11.9 Å². The summed E-state index contributed by atoms with van der Waals surface area (Å²) in [4.78, 5) is 25.0. The van der Waals surface area contributed by atoms with E-state index in [0.717, 1.165) is 32.2 Å². The van der Waals surface area contributed by atoms with Crippen LogP contribution >= 0.6 is 31.9 Å². The molecule has 36 heavy (non-hydrogen) atoms. The molecule has 198 valence electrons. The average Bonchev–Trinajstić information content (AvgIpc) is 2.76. The van der Waals surface area contributed by atoms with E-state index in [1.807, 2.05) is 43.3 Å². The van der Waals surface area contributed by atoms with Crippen molar-refractivity contribution in [3.63, 3.8) is 0 Å². The Kier molecular flexibility index (Phi) is 11.0. The molecule has 2 rings (SSSR count). The molecule has 0 aromatic heterocycles. The molecular weight excluding hydrogens is 588 g/mol. The van der Waals surface area contributed by atoms with Crippen LogP contribution in [-0.4, -0.2) is 25.7 Å². The van der Waals surface area contributed by atoms with Crippen molar-refractivity contribution in [2.24, 2.45) is 10.8 Å². The van der Waals surface area contributed by atoms with E-state index in [1.165, 1.54) is 0 Å². The number of benzene rings is 2. The highest BCUT2D eigenvalue weighted by molar-refractivity contribution is 9.10. The van der Waals surface area contributed by atoms with E-state index in [-0.39, 0.29) is 35.1 Å². The number of rotatable bonds is 12. The maximum Gasteiger partial charge on any atom is 0.311 e. The number of hydrogen-bond donors (Lipinski definition) is 0. The lowest BCUT2D eigenvalue weighted by molar-refractivity contribution is -0.145. The molecule has 0 aliphatic carbocycles. The normalized spacial score (nSPS) is 12.7. The second-order valence-corrected chi connectivity index (χ2v) is 12.3. The molecule has 2 aromatic carbocycles. The van der Waals surface area contributed by atoms with Gasteiger partial charge in [-0.1, -0.05) is 78.6 Å². The molecule has 0 heterocycles. The van der Waals surface area contributed by atoms with Gasteiger partial charge in [-0.3, -0.25) is 9.59 Å². The van der Waals surface area contributed by atoms with Crippen LogP contribution in [0.25, 0.3) is 0 Å². The van der Waals surface area contributed by atoms with Gasteiger partial charge in [-0.2, -0.15) is 0 Å². The van der Waals surface area contributed by atoms with Crippen molar-refractivity contribution in [2.45, 2.75) is 73.1 Å². The number of carbonyl (C=O) groups excluding carboxylic acids is 2. The van der Waals surface area contributed by atoms with E-state index in [9.17, 15) is 9.59 Å². The van der Waals surface area contributed by atoms with Gasteiger partial charge in [0.15, 0.2) is 0 Å². The number of hydrogen-bond acceptors (Lipinski definition) is 5. The van der Waals surface area contributed by atoms with Gasteiger partial charge in [0.05, 0.1) is 26.6 Å². The molecule has 0 aliphatic rings. The quantitative estimate of drug-likeness (QED) is 0.175. The van der Waals surface area contributed by atoms with E-state index < -0.39 is 0 Å². The maximum atomic E-state index is 12.8. The second-order valence-electron chi connectivity index (χ2n) is 10.6. The molecule has 0 bridgehead atoms. The molecule has 1 unspecified atom stereocenters. The molecular formula is C29H38Br2O5. The Bertz CT molecular complexity index is 1060. The van der Waals surface area contributed by atoms with Crippen LogP contribution in [0.2, 0.25) is 0 Å². The van der Waals surface area contributed by atoms with E-state index >= 15 is 0 Å². The predicted octanol–water partition coefficient (Wildman–Crippen LogP) is 8.26. The lowest BCUT2D eigenvalue weighted by Gasteiger charge is -2.34. The predicted molar refractivity (Wildman–Crippen MR) is 151 cm³/mol. The smallest absolute Gasteiger partial charge is 0.311 e. The van der Waals surface area contributed by atoms with Gasteiger partial charge in [0, 0.05) is 8.95 Å². The first-order chi connectivity index (χ1) is 16.8. The molecule has 1 atom stereocenters. The minimum absolute atomic E-state index is 0.128. The monoisotopic (exact) mass is 624 g/mol. The fraction of sp³-hybridized carbons (Fsp3) is 0.517. The average molecular weight is 626 g/mol. The summed E-state index contributed by atoms with van der Waals surface area (Å²) in [6, 6.07) is 11.5. The highest BCUT2D eigenvalue weighted by Crippen LogP contribution is 2.44. The van der Waals surface area contributed by atoms with Gasteiger partial charge in [-0.25, -0.2) is 0 Å². The van der Waals surface area contributed by atoms with Gasteiger partial charge in [-0.15, -0.1) is 0 Å². The molecule has 5 nitrogen and oxygen atoms in total. The summed E-state index contributed by atoms with van der Waals surface area (Å²) in [5, 5.41) is 0. The van der Waals surface area contributed by atoms with Crippen molar-refractivity contribution in [3.8, 4) is 11.5 Å². The summed E-state index contributed by atoms with van der Waals surface area (Å²) in [6.45, 7) is 12.6. The number of ether oxygens (including phenoxy) is 3. The van der Waals surface area contributed by atoms with Crippen LogP contribution in [-0.2, 0) is 20.7 Å². The van der Waals surface area contributed by atoms with Gasteiger partial charge in [0.2, 0.25) is 0 Å². The molecule has 7 heteroatoms. The summed E-state index contributed by atoms with van der Waals surface area (Å²) in [5.41, 5.74) is 1.60. The van der Waals surface area contributed by atoms with Crippen LogP contribution in [0.4, 0.5) is 0 Å². The van der Waals surface area contributed by atoms with E-state index in [0.29, 0.717) is 25.2 Å². The van der Waals surface area contributed by atoms with Crippen molar-refractivity contribution < 1.29 is 23.8 Å². The topological polar surface area (TPSA) is 61.8 Å². The molecule has 0 N–H and O–H groups in total. The van der Waals surface area contributed by atoms with Crippen molar-refractivity contribution in [2.75, 3.05) is 13.7 Å². The van der Waals surface area contributed by atoms with Crippen LogP contribution in [0.1, 0.15) is 77.8 Å². The van der Waals surface area contributed by atoms with Crippen molar-refractivity contribution in [1.82, 2.24) is 0 Å². The second kappa shape index (κ2) is 13.1. The lowest BCUT2D eigenvalue weighted by Crippen LogP contribution is -2.26. The Balaban J connectivity index is 2.09. The zero-order valence-electron chi connectivity index (χ0n) is 22.4. The summed E-state index contributed by atoms with van der Waals surface area (Å²) in [5.74, 6) is 0.940. The number of halogens is 2. The molecule has 0 spiro atoms. The Labute approximate surface area is 232 Å². The number of methoxy groups -OCH3 is 1. The summed E-state index contributed by atoms with van der Waals surface area (Å²) >= 11 is 7.27. The van der Waals surface area contributed by atoms with Crippen molar-refractivity contribution in [3.05, 3.63) is 56.5 Å². The summed E-state index contributed by atoms with van der Waals surface area (Å²) in [7, 11) is 1.64. The van der Waals surface area contributed by atoms with Gasteiger partial charge in [-0.05, 0) is 71.9 Å². The minimum Gasteiger partial charge on any atom is -0.497 e. The highest BCUT2D eigenvalue weighted by atomic mass is 79.9. The van der Waals surface area contributed by atoms with E-state index in [4.69, 9.17) is 14.2 Å². The Morgan fingerprint density at radius 1 is 0.889 bits per heavy atom. The summed E-state index contributed by atoms with van der Waals surface area (Å²) < 4.78 is 18.0.